The first-order valence-electron chi connectivity index (χ1n) is 6.50. The zero-order valence-electron chi connectivity index (χ0n) is 11.2. The van der Waals surface area contributed by atoms with E-state index < -0.39 is 0 Å². The first-order valence-corrected chi connectivity index (χ1v) is 6.50. The van der Waals surface area contributed by atoms with E-state index in [1.165, 1.54) is 0 Å². The Balaban J connectivity index is 2.38. The lowest BCUT2D eigenvalue weighted by Crippen LogP contribution is -2.37. The van der Waals surface area contributed by atoms with Crippen molar-refractivity contribution in [2.24, 2.45) is 0 Å². The highest BCUT2D eigenvalue weighted by molar-refractivity contribution is 5.31. The average Bonchev–Trinajstić information content (AvgIpc) is 2.42. The molecular formula is C14H23NO3. The molecule has 0 aliphatic carbocycles. The minimum atomic E-state index is -0.0222. The van der Waals surface area contributed by atoms with Crippen LogP contribution in [0.25, 0.3) is 0 Å². The molecule has 1 rings (SSSR count). The van der Waals surface area contributed by atoms with Gasteiger partial charge in [0.05, 0.1) is 19.3 Å². The van der Waals surface area contributed by atoms with E-state index in [0.717, 1.165) is 31.1 Å². The van der Waals surface area contributed by atoms with E-state index in [4.69, 9.17) is 14.6 Å². The van der Waals surface area contributed by atoms with E-state index in [1.807, 2.05) is 31.2 Å². The number of hydrogen-bond donors (Lipinski definition) is 2. The lowest BCUT2D eigenvalue weighted by Gasteiger charge is -2.16. The van der Waals surface area contributed by atoms with Gasteiger partial charge in [-0.1, -0.05) is 13.8 Å². The number of likely N-dealkylation sites (N-methyl/N-ethyl adjacent to an activating group) is 1. The summed E-state index contributed by atoms with van der Waals surface area (Å²) < 4.78 is 11.1. The van der Waals surface area contributed by atoms with E-state index in [2.05, 4.69) is 12.2 Å². The van der Waals surface area contributed by atoms with Crippen LogP contribution in [0.15, 0.2) is 24.3 Å². The maximum atomic E-state index is 9.11. The molecule has 102 valence electrons. The van der Waals surface area contributed by atoms with Crippen LogP contribution in [0.1, 0.15) is 20.3 Å². The third-order valence-electron chi connectivity index (χ3n) is 2.46. The van der Waals surface area contributed by atoms with Gasteiger partial charge in [-0.05, 0) is 37.2 Å². The van der Waals surface area contributed by atoms with Crippen LogP contribution < -0.4 is 14.8 Å². The molecule has 0 saturated carbocycles. The van der Waals surface area contributed by atoms with Gasteiger partial charge < -0.3 is 19.9 Å². The number of rotatable bonds is 9. The van der Waals surface area contributed by atoms with E-state index in [1.54, 1.807) is 0 Å². The summed E-state index contributed by atoms with van der Waals surface area (Å²) in [6, 6.07) is 7.53. The van der Waals surface area contributed by atoms with Gasteiger partial charge in [0.15, 0.2) is 0 Å². The smallest absolute Gasteiger partial charge is 0.119 e. The zero-order valence-corrected chi connectivity index (χ0v) is 11.2. The molecule has 1 atom stereocenters. The third kappa shape index (κ3) is 5.38. The van der Waals surface area contributed by atoms with Crippen LogP contribution in [0.2, 0.25) is 0 Å². The number of nitrogens with one attached hydrogen (secondary N) is 1. The van der Waals surface area contributed by atoms with Gasteiger partial charge in [-0.3, -0.25) is 0 Å². The number of benzene rings is 1. The van der Waals surface area contributed by atoms with Gasteiger partial charge >= 0.3 is 0 Å². The number of aliphatic hydroxyl groups is 1. The number of ether oxygens (including phenoxy) is 2. The minimum absolute atomic E-state index is 0.0222. The Hall–Kier alpha value is -1.26. The normalized spacial score (nSPS) is 12.2. The highest BCUT2D eigenvalue weighted by Crippen LogP contribution is 2.17. The minimum Gasteiger partial charge on any atom is -0.494 e. The standard InChI is InChI=1S/C14H23NO3/c1-3-9-17-13-5-7-14(8-6-13)18-11-12(10-16)15-4-2/h5-8,12,15-16H,3-4,9-11H2,1-2H3. The van der Waals surface area contributed by atoms with Crippen molar-refractivity contribution in [2.75, 3.05) is 26.4 Å². The fraction of sp³-hybridized carbons (Fsp3) is 0.571. The van der Waals surface area contributed by atoms with Crippen molar-refractivity contribution in [1.29, 1.82) is 0 Å². The molecule has 4 heteroatoms. The van der Waals surface area contributed by atoms with E-state index in [-0.39, 0.29) is 12.6 Å². The summed E-state index contributed by atoms with van der Waals surface area (Å²) in [6.45, 7) is 6.16. The Morgan fingerprint density at radius 3 is 2.22 bits per heavy atom. The van der Waals surface area contributed by atoms with Crippen LogP contribution in [-0.4, -0.2) is 37.5 Å². The second-order valence-electron chi connectivity index (χ2n) is 4.07. The van der Waals surface area contributed by atoms with Gasteiger partial charge in [-0.25, -0.2) is 0 Å². The van der Waals surface area contributed by atoms with Crippen molar-refractivity contribution in [1.82, 2.24) is 5.32 Å². The molecule has 0 heterocycles. The molecule has 0 fully saturated rings. The highest BCUT2D eigenvalue weighted by Gasteiger charge is 2.06. The average molecular weight is 253 g/mol. The molecule has 1 unspecified atom stereocenters. The zero-order chi connectivity index (χ0) is 13.2. The van der Waals surface area contributed by atoms with Crippen LogP contribution in [0.5, 0.6) is 11.5 Å². The molecule has 0 spiro atoms. The third-order valence-corrected chi connectivity index (χ3v) is 2.46. The topological polar surface area (TPSA) is 50.7 Å². The first kappa shape index (κ1) is 14.8. The molecular weight excluding hydrogens is 230 g/mol. The van der Waals surface area contributed by atoms with Crippen molar-refractivity contribution >= 4 is 0 Å². The molecule has 0 amide bonds. The predicted molar refractivity (Wildman–Crippen MR) is 72.3 cm³/mol. The SMILES string of the molecule is CCCOc1ccc(OCC(CO)NCC)cc1. The molecule has 2 N–H and O–H groups in total. The Morgan fingerprint density at radius 2 is 1.72 bits per heavy atom. The van der Waals surface area contributed by atoms with Gasteiger partial charge in [-0.2, -0.15) is 0 Å². The molecule has 0 radical (unpaired) electrons. The van der Waals surface area contributed by atoms with E-state index in [0.29, 0.717) is 6.61 Å². The van der Waals surface area contributed by atoms with Gasteiger partial charge in [0.25, 0.3) is 0 Å². The van der Waals surface area contributed by atoms with Gasteiger partial charge in [0.2, 0.25) is 0 Å². The molecule has 4 nitrogen and oxygen atoms in total. The summed E-state index contributed by atoms with van der Waals surface area (Å²) in [5, 5.41) is 12.3. The number of aliphatic hydroxyl groups excluding tert-OH is 1. The predicted octanol–water partition coefficient (Wildman–Crippen LogP) is 1.82. The molecule has 1 aromatic rings. The molecule has 0 aliphatic heterocycles. The van der Waals surface area contributed by atoms with E-state index >= 15 is 0 Å². The van der Waals surface area contributed by atoms with Gasteiger partial charge in [0, 0.05) is 0 Å². The second-order valence-corrected chi connectivity index (χ2v) is 4.07. The summed E-state index contributed by atoms with van der Waals surface area (Å²) in [6.07, 6.45) is 0.999. The lowest BCUT2D eigenvalue weighted by atomic mass is 10.3. The molecule has 0 aromatic heterocycles. The van der Waals surface area contributed by atoms with Crippen molar-refractivity contribution in [2.45, 2.75) is 26.3 Å². The summed E-state index contributed by atoms with van der Waals surface area (Å²) in [5.74, 6) is 1.64. The fourth-order valence-corrected chi connectivity index (χ4v) is 1.51. The van der Waals surface area contributed by atoms with Crippen molar-refractivity contribution in [3.05, 3.63) is 24.3 Å². The van der Waals surface area contributed by atoms with Gasteiger partial charge in [-0.15, -0.1) is 0 Å². The summed E-state index contributed by atoms with van der Waals surface area (Å²) in [7, 11) is 0. The molecule has 18 heavy (non-hydrogen) atoms. The second kappa shape index (κ2) is 8.78. The summed E-state index contributed by atoms with van der Waals surface area (Å²) in [5.41, 5.74) is 0. The maximum absolute atomic E-state index is 9.11. The first-order chi connectivity index (χ1) is 8.80. The lowest BCUT2D eigenvalue weighted by molar-refractivity contribution is 0.184. The quantitative estimate of drug-likeness (QED) is 0.705. The van der Waals surface area contributed by atoms with Crippen molar-refractivity contribution < 1.29 is 14.6 Å². The monoisotopic (exact) mass is 253 g/mol. The molecule has 0 aliphatic rings. The Labute approximate surface area is 109 Å². The van der Waals surface area contributed by atoms with Crippen LogP contribution in [0.4, 0.5) is 0 Å². The fourth-order valence-electron chi connectivity index (χ4n) is 1.51. The molecule has 0 saturated heterocycles. The van der Waals surface area contributed by atoms with Crippen molar-refractivity contribution in [3.8, 4) is 11.5 Å². The van der Waals surface area contributed by atoms with Crippen LogP contribution in [0.3, 0.4) is 0 Å². The highest BCUT2D eigenvalue weighted by atomic mass is 16.5. The number of hydrogen-bond acceptors (Lipinski definition) is 4. The van der Waals surface area contributed by atoms with Crippen LogP contribution in [0, 0.1) is 0 Å². The Bertz CT molecular complexity index is 313. The van der Waals surface area contributed by atoms with Gasteiger partial charge in [0.1, 0.15) is 18.1 Å². The maximum Gasteiger partial charge on any atom is 0.119 e. The Kier molecular flexibility index (Phi) is 7.22. The Morgan fingerprint density at radius 1 is 1.11 bits per heavy atom. The summed E-state index contributed by atoms with van der Waals surface area (Å²) >= 11 is 0. The largest absolute Gasteiger partial charge is 0.494 e. The molecule has 1 aromatic carbocycles. The van der Waals surface area contributed by atoms with Crippen molar-refractivity contribution in [3.63, 3.8) is 0 Å². The molecule has 0 bridgehead atoms. The summed E-state index contributed by atoms with van der Waals surface area (Å²) in [4.78, 5) is 0. The van der Waals surface area contributed by atoms with Crippen LogP contribution in [-0.2, 0) is 0 Å². The van der Waals surface area contributed by atoms with Crippen LogP contribution >= 0.6 is 0 Å². The van der Waals surface area contributed by atoms with E-state index in [9.17, 15) is 0 Å².